The summed E-state index contributed by atoms with van der Waals surface area (Å²) in [5.74, 6) is 0. The van der Waals surface area contributed by atoms with Crippen LogP contribution in [0.4, 0.5) is 0 Å². The summed E-state index contributed by atoms with van der Waals surface area (Å²) < 4.78 is 0. The zero-order valence-corrected chi connectivity index (χ0v) is 10.8. The van der Waals surface area contributed by atoms with E-state index in [-0.39, 0.29) is 0 Å². The second-order valence-corrected chi connectivity index (χ2v) is 5.18. The van der Waals surface area contributed by atoms with Crippen LogP contribution in [0.2, 0.25) is 5.02 Å². The molecule has 0 aliphatic carbocycles. The molecule has 0 amide bonds. The fourth-order valence-corrected chi connectivity index (χ4v) is 2.99. The van der Waals surface area contributed by atoms with Crippen LogP contribution in [0.15, 0.2) is 18.2 Å². The maximum Gasteiger partial charge on any atom is 0.0648 e. The number of nitrogens with zero attached hydrogens (tertiary/aromatic N) is 1. The number of benzene rings is 1. The van der Waals surface area contributed by atoms with Crippen LogP contribution < -0.4 is 0 Å². The summed E-state index contributed by atoms with van der Waals surface area (Å²) >= 11 is 6.23. The fraction of sp³-hybridized carbons (Fsp3) is 0.429. The van der Waals surface area contributed by atoms with Gasteiger partial charge in [0, 0.05) is 30.6 Å². The van der Waals surface area contributed by atoms with E-state index in [0.29, 0.717) is 0 Å². The minimum Gasteiger partial charge on any atom is -0.357 e. The molecule has 3 heteroatoms. The van der Waals surface area contributed by atoms with Crippen molar-refractivity contribution in [3.63, 3.8) is 0 Å². The number of halogens is 1. The van der Waals surface area contributed by atoms with Crippen LogP contribution in [0.3, 0.4) is 0 Å². The van der Waals surface area contributed by atoms with E-state index < -0.39 is 0 Å². The van der Waals surface area contributed by atoms with E-state index in [9.17, 15) is 0 Å². The van der Waals surface area contributed by atoms with Gasteiger partial charge in [-0.25, -0.2) is 0 Å². The van der Waals surface area contributed by atoms with Crippen LogP contribution in [0.1, 0.15) is 24.6 Å². The first kappa shape index (κ1) is 11.1. The molecule has 1 aromatic heterocycles. The van der Waals surface area contributed by atoms with Gasteiger partial charge in [0.1, 0.15) is 0 Å². The van der Waals surface area contributed by atoms with Gasteiger partial charge in [0.25, 0.3) is 0 Å². The lowest BCUT2D eigenvalue weighted by molar-refractivity contribution is 0.255. The molecule has 0 spiro atoms. The van der Waals surface area contributed by atoms with Crippen LogP contribution in [0.5, 0.6) is 0 Å². The monoisotopic (exact) mass is 248 g/mol. The second kappa shape index (κ2) is 4.35. The van der Waals surface area contributed by atoms with Crippen molar-refractivity contribution in [2.75, 3.05) is 13.1 Å². The average Bonchev–Trinajstić information content (AvgIpc) is 2.70. The lowest BCUT2D eigenvalue weighted by atomic mass is 10.0. The predicted octanol–water partition coefficient (Wildman–Crippen LogP) is 3.59. The van der Waals surface area contributed by atoms with Crippen LogP contribution in [-0.4, -0.2) is 23.0 Å². The van der Waals surface area contributed by atoms with E-state index in [4.69, 9.17) is 11.6 Å². The van der Waals surface area contributed by atoms with Crippen molar-refractivity contribution < 1.29 is 0 Å². The van der Waals surface area contributed by atoms with Gasteiger partial charge in [-0.05, 0) is 24.6 Å². The highest BCUT2D eigenvalue weighted by Crippen LogP contribution is 2.31. The Balaban J connectivity index is 2.06. The molecule has 2 heterocycles. The van der Waals surface area contributed by atoms with Gasteiger partial charge < -0.3 is 4.98 Å². The van der Waals surface area contributed by atoms with Gasteiger partial charge in [-0.3, -0.25) is 4.90 Å². The summed E-state index contributed by atoms with van der Waals surface area (Å²) in [6, 6.07) is 6.17. The molecule has 1 aliphatic rings. The third-order valence-electron chi connectivity index (χ3n) is 3.58. The Morgan fingerprint density at radius 3 is 3.12 bits per heavy atom. The van der Waals surface area contributed by atoms with E-state index in [0.717, 1.165) is 30.0 Å². The van der Waals surface area contributed by atoms with Gasteiger partial charge in [0.05, 0.1) is 10.5 Å². The molecule has 0 atom stereocenters. The molecule has 0 unspecified atom stereocenters. The molecule has 3 rings (SSSR count). The smallest absolute Gasteiger partial charge is 0.0648 e. The summed E-state index contributed by atoms with van der Waals surface area (Å²) in [7, 11) is 0. The molecule has 0 fully saturated rings. The van der Waals surface area contributed by atoms with Crippen molar-refractivity contribution in [2.24, 2.45) is 0 Å². The summed E-state index contributed by atoms with van der Waals surface area (Å²) in [6.45, 7) is 5.64. The van der Waals surface area contributed by atoms with Crippen molar-refractivity contribution in [3.05, 3.63) is 34.5 Å². The Hall–Kier alpha value is -0.990. The van der Waals surface area contributed by atoms with E-state index >= 15 is 0 Å². The Morgan fingerprint density at radius 2 is 2.29 bits per heavy atom. The SMILES string of the molecule is CCCN1CCc2[nH]c3c(Cl)cccc3c2C1. The molecule has 2 nitrogen and oxygen atoms in total. The van der Waals surface area contributed by atoms with Crippen LogP contribution >= 0.6 is 11.6 Å². The highest BCUT2D eigenvalue weighted by atomic mass is 35.5. The number of rotatable bonds is 2. The van der Waals surface area contributed by atoms with Crippen molar-refractivity contribution in [1.29, 1.82) is 0 Å². The minimum absolute atomic E-state index is 0.832. The lowest BCUT2D eigenvalue weighted by Crippen LogP contribution is -2.30. The second-order valence-electron chi connectivity index (χ2n) is 4.77. The van der Waals surface area contributed by atoms with E-state index in [2.05, 4.69) is 22.9 Å². The molecular formula is C14H17ClN2. The molecule has 1 aromatic carbocycles. The molecule has 0 radical (unpaired) electrons. The minimum atomic E-state index is 0.832. The maximum absolute atomic E-state index is 6.23. The summed E-state index contributed by atoms with van der Waals surface area (Å²) in [4.78, 5) is 6.01. The molecular weight excluding hydrogens is 232 g/mol. The van der Waals surface area contributed by atoms with Gasteiger partial charge in [0.2, 0.25) is 0 Å². The average molecular weight is 249 g/mol. The van der Waals surface area contributed by atoms with Gasteiger partial charge in [0.15, 0.2) is 0 Å². The summed E-state index contributed by atoms with van der Waals surface area (Å²) in [5, 5.41) is 2.13. The maximum atomic E-state index is 6.23. The largest absolute Gasteiger partial charge is 0.357 e. The third kappa shape index (κ3) is 1.85. The summed E-state index contributed by atoms with van der Waals surface area (Å²) in [6.07, 6.45) is 2.33. The standard InChI is InChI=1S/C14H17ClN2/c1-2-7-17-8-6-13-11(9-17)10-4-3-5-12(15)14(10)16-13/h3-5,16H,2,6-9H2,1H3. The Morgan fingerprint density at radius 1 is 1.41 bits per heavy atom. The van der Waals surface area contributed by atoms with Crippen LogP contribution in [-0.2, 0) is 13.0 Å². The molecule has 17 heavy (non-hydrogen) atoms. The Bertz CT molecular complexity index is 544. The molecule has 1 N–H and O–H groups in total. The number of hydrogen-bond donors (Lipinski definition) is 1. The first-order chi connectivity index (χ1) is 8.29. The number of aromatic nitrogens is 1. The molecule has 2 aromatic rings. The number of aromatic amines is 1. The van der Waals surface area contributed by atoms with E-state index in [1.54, 1.807) is 0 Å². The molecule has 1 aliphatic heterocycles. The molecule has 0 bridgehead atoms. The van der Waals surface area contributed by atoms with Crippen molar-refractivity contribution in [2.45, 2.75) is 26.3 Å². The number of nitrogens with one attached hydrogen (secondary N) is 1. The highest BCUT2D eigenvalue weighted by molar-refractivity contribution is 6.35. The first-order valence-electron chi connectivity index (χ1n) is 6.30. The van der Waals surface area contributed by atoms with Gasteiger partial charge in [-0.1, -0.05) is 30.7 Å². The van der Waals surface area contributed by atoms with Crippen LogP contribution in [0, 0.1) is 0 Å². The number of para-hydroxylation sites is 1. The number of fused-ring (bicyclic) bond motifs is 3. The number of H-pyrrole nitrogens is 1. The van der Waals surface area contributed by atoms with Crippen molar-refractivity contribution in [3.8, 4) is 0 Å². The third-order valence-corrected chi connectivity index (χ3v) is 3.89. The molecule has 90 valence electrons. The Kier molecular flexibility index (Phi) is 2.85. The highest BCUT2D eigenvalue weighted by Gasteiger charge is 2.20. The van der Waals surface area contributed by atoms with Gasteiger partial charge in [-0.2, -0.15) is 0 Å². The summed E-state index contributed by atoms with van der Waals surface area (Å²) in [5.41, 5.74) is 3.93. The van der Waals surface area contributed by atoms with Gasteiger partial charge in [-0.15, -0.1) is 0 Å². The van der Waals surface area contributed by atoms with Gasteiger partial charge >= 0.3 is 0 Å². The lowest BCUT2D eigenvalue weighted by Gasteiger charge is -2.26. The Labute approximate surface area is 107 Å². The number of hydrogen-bond acceptors (Lipinski definition) is 1. The molecule has 0 saturated heterocycles. The topological polar surface area (TPSA) is 19.0 Å². The van der Waals surface area contributed by atoms with Crippen molar-refractivity contribution >= 4 is 22.5 Å². The van der Waals surface area contributed by atoms with E-state index in [1.165, 1.54) is 29.6 Å². The van der Waals surface area contributed by atoms with Crippen molar-refractivity contribution in [1.82, 2.24) is 9.88 Å². The zero-order valence-electron chi connectivity index (χ0n) is 10.1. The molecule has 0 saturated carbocycles. The predicted molar refractivity (Wildman–Crippen MR) is 72.6 cm³/mol. The van der Waals surface area contributed by atoms with E-state index in [1.807, 2.05) is 12.1 Å². The fourth-order valence-electron chi connectivity index (χ4n) is 2.77. The normalized spacial score (nSPS) is 16.4. The zero-order chi connectivity index (χ0) is 11.8. The van der Waals surface area contributed by atoms with Crippen LogP contribution in [0.25, 0.3) is 10.9 Å². The quantitative estimate of drug-likeness (QED) is 0.861. The first-order valence-corrected chi connectivity index (χ1v) is 6.67.